The van der Waals surface area contributed by atoms with E-state index in [1.807, 2.05) is 0 Å². The SMILES string of the molecule is CCOC(=O)Cc1csc(NC(=O)c2nnn(-c3ccc(C(F)(F)F)cc3)n2)n1. The van der Waals surface area contributed by atoms with Crippen molar-refractivity contribution >= 4 is 28.3 Å². The van der Waals surface area contributed by atoms with Gasteiger partial charge in [0.2, 0.25) is 0 Å². The van der Waals surface area contributed by atoms with Gasteiger partial charge in [0.05, 0.1) is 30.0 Å². The number of tetrazole rings is 1. The molecule has 2 aromatic heterocycles. The summed E-state index contributed by atoms with van der Waals surface area (Å²) in [4.78, 5) is 28.7. The zero-order chi connectivity index (χ0) is 21.0. The Morgan fingerprint density at radius 1 is 1.24 bits per heavy atom. The number of hydrogen-bond acceptors (Lipinski definition) is 8. The fourth-order valence-electron chi connectivity index (χ4n) is 2.16. The fourth-order valence-corrected chi connectivity index (χ4v) is 2.86. The molecule has 0 unspecified atom stereocenters. The molecule has 0 atom stereocenters. The van der Waals surface area contributed by atoms with Crippen LogP contribution in [0.1, 0.15) is 28.8 Å². The van der Waals surface area contributed by atoms with Crippen LogP contribution in [-0.2, 0) is 22.1 Å². The van der Waals surface area contributed by atoms with Gasteiger partial charge in [-0.25, -0.2) is 4.98 Å². The molecule has 1 aromatic carbocycles. The predicted octanol–water partition coefficient (Wildman–Crippen LogP) is 2.50. The monoisotopic (exact) mass is 426 g/mol. The Morgan fingerprint density at radius 2 is 1.97 bits per heavy atom. The van der Waals surface area contributed by atoms with Crippen LogP contribution in [0.15, 0.2) is 29.6 Å². The molecule has 1 N–H and O–H groups in total. The third-order valence-corrected chi connectivity index (χ3v) is 4.25. The third-order valence-electron chi connectivity index (χ3n) is 3.45. The Bertz CT molecular complexity index is 1020. The highest BCUT2D eigenvalue weighted by atomic mass is 32.1. The number of nitrogens with zero attached hydrogens (tertiary/aromatic N) is 5. The quantitative estimate of drug-likeness (QED) is 0.603. The average molecular weight is 426 g/mol. The predicted molar refractivity (Wildman–Crippen MR) is 94.6 cm³/mol. The summed E-state index contributed by atoms with van der Waals surface area (Å²) >= 11 is 1.10. The zero-order valence-corrected chi connectivity index (χ0v) is 15.6. The van der Waals surface area contributed by atoms with Crippen molar-refractivity contribution in [3.05, 3.63) is 46.7 Å². The Kier molecular flexibility index (Phi) is 5.87. The molecule has 0 radical (unpaired) electrons. The van der Waals surface area contributed by atoms with Crippen molar-refractivity contribution in [2.75, 3.05) is 11.9 Å². The van der Waals surface area contributed by atoms with Crippen LogP contribution in [0.25, 0.3) is 5.69 Å². The number of hydrogen-bond donors (Lipinski definition) is 1. The molecule has 0 aliphatic carbocycles. The molecule has 0 saturated heterocycles. The second-order valence-electron chi connectivity index (χ2n) is 5.53. The molecule has 3 aromatic rings. The van der Waals surface area contributed by atoms with E-state index in [2.05, 4.69) is 25.7 Å². The van der Waals surface area contributed by atoms with Crippen molar-refractivity contribution < 1.29 is 27.5 Å². The lowest BCUT2D eigenvalue weighted by Crippen LogP contribution is -2.14. The molecular weight excluding hydrogens is 413 g/mol. The summed E-state index contributed by atoms with van der Waals surface area (Å²) < 4.78 is 42.7. The van der Waals surface area contributed by atoms with E-state index in [0.29, 0.717) is 5.69 Å². The lowest BCUT2D eigenvalue weighted by molar-refractivity contribution is -0.142. The van der Waals surface area contributed by atoms with E-state index in [9.17, 15) is 22.8 Å². The summed E-state index contributed by atoms with van der Waals surface area (Å²) in [6.07, 6.45) is -4.48. The number of halogens is 3. The summed E-state index contributed by atoms with van der Waals surface area (Å²) in [5, 5.41) is 15.4. The molecule has 29 heavy (non-hydrogen) atoms. The Morgan fingerprint density at radius 3 is 2.62 bits per heavy atom. The van der Waals surface area contributed by atoms with E-state index in [-0.39, 0.29) is 29.7 Å². The van der Waals surface area contributed by atoms with Crippen molar-refractivity contribution in [2.45, 2.75) is 19.5 Å². The number of carbonyl (C=O) groups excluding carboxylic acids is 2. The third kappa shape index (κ3) is 5.13. The lowest BCUT2D eigenvalue weighted by Gasteiger charge is -2.06. The Hall–Kier alpha value is -3.35. The van der Waals surface area contributed by atoms with E-state index in [0.717, 1.165) is 40.4 Å². The maximum absolute atomic E-state index is 12.6. The summed E-state index contributed by atoms with van der Waals surface area (Å²) in [5.74, 6) is -1.44. The highest BCUT2D eigenvalue weighted by Gasteiger charge is 2.30. The topological polar surface area (TPSA) is 112 Å². The van der Waals surface area contributed by atoms with Crippen LogP contribution >= 0.6 is 11.3 Å². The maximum Gasteiger partial charge on any atom is 0.416 e. The van der Waals surface area contributed by atoms with Gasteiger partial charge < -0.3 is 4.74 Å². The Balaban J connectivity index is 1.65. The minimum atomic E-state index is -4.46. The number of aromatic nitrogens is 5. The van der Waals surface area contributed by atoms with Crippen LogP contribution in [0, 0.1) is 0 Å². The standard InChI is InChI=1S/C16H13F3N6O3S/c1-2-28-12(26)7-10-8-29-15(20-10)21-14(27)13-22-24-25(23-13)11-5-3-9(4-6-11)16(17,18)19/h3-6,8H,2,7H2,1H3,(H,20,21,27). The summed E-state index contributed by atoms with van der Waals surface area (Å²) in [6, 6.07) is 4.07. The number of nitrogens with one attached hydrogen (secondary N) is 1. The number of benzene rings is 1. The van der Waals surface area contributed by atoms with E-state index in [4.69, 9.17) is 4.74 Å². The molecule has 0 aliphatic heterocycles. The first-order chi connectivity index (χ1) is 13.8. The van der Waals surface area contributed by atoms with Gasteiger partial charge in [0, 0.05) is 5.38 Å². The highest BCUT2D eigenvalue weighted by Crippen LogP contribution is 2.29. The number of rotatable bonds is 6. The van der Waals surface area contributed by atoms with Crippen LogP contribution in [-0.4, -0.2) is 43.7 Å². The molecule has 1 amide bonds. The number of alkyl halides is 3. The van der Waals surface area contributed by atoms with Gasteiger partial charge >= 0.3 is 12.1 Å². The minimum absolute atomic E-state index is 0.0252. The van der Waals surface area contributed by atoms with Gasteiger partial charge in [-0.05, 0) is 36.4 Å². The number of carbonyl (C=O) groups is 2. The lowest BCUT2D eigenvalue weighted by atomic mass is 10.2. The smallest absolute Gasteiger partial charge is 0.416 e. The molecule has 3 rings (SSSR count). The number of ether oxygens (including phenoxy) is 1. The van der Waals surface area contributed by atoms with Gasteiger partial charge in [0.1, 0.15) is 0 Å². The second kappa shape index (κ2) is 8.34. The molecule has 13 heteroatoms. The number of esters is 1. The minimum Gasteiger partial charge on any atom is -0.466 e. The van der Waals surface area contributed by atoms with Crippen molar-refractivity contribution in [3.63, 3.8) is 0 Å². The van der Waals surface area contributed by atoms with Crippen LogP contribution < -0.4 is 5.32 Å². The summed E-state index contributed by atoms with van der Waals surface area (Å²) in [6.45, 7) is 1.95. The van der Waals surface area contributed by atoms with Gasteiger partial charge in [0.15, 0.2) is 5.13 Å². The van der Waals surface area contributed by atoms with E-state index in [1.165, 1.54) is 0 Å². The largest absolute Gasteiger partial charge is 0.466 e. The Labute approximate surface area is 165 Å². The van der Waals surface area contributed by atoms with Crippen molar-refractivity contribution in [2.24, 2.45) is 0 Å². The highest BCUT2D eigenvalue weighted by molar-refractivity contribution is 7.14. The molecular formula is C16H13F3N6O3S. The van der Waals surface area contributed by atoms with E-state index in [1.54, 1.807) is 12.3 Å². The first-order valence-corrected chi connectivity index (χ1v) is 9.03. The zero-order valence-electron chi connectivity index (χ0n) is 14.8. The van der Waals surface area contributed by atoms with Gasteiger partial charge in [-0.2, -0.15) is 13.2 Å². The van der Waals surface area contributed by atoms with Gasteiger partial charge in [-0.1, -0.05) is 0 Å². The molecule has 0 saturated carbocycles. The number of anilines is 1. The van der Waals surface area contributed by atoms with E-state index >= 15 is 0 Å². The average Bonchev–Trinajstić information content (AvgIpc) is 3.31. The number of thiazole rings is 1. The first-order valence-electron chi connectivity index (χ1n) is 8.15. The summed E-state index contributed by atoms with van der Waals surface area (Å²) in [7, 11) is 0. The molecule has 9 nitrogen and oxygen atoms in total. The van der Waals surface area contributed by atoms with Crippen molar-refractivity contribution in [3.8, 4) is 5.69 Å². The van der Waals surface area contributed by atoms with Crippen LogP contribution in [0.3, 0.4) is 0 Å². The maximum atomic E-state index is 12.6. The van der Waals surface area contributed by atoms with Crippen molar-refractivity contribution in [1.29, 1.82) is 0 Å². The van der Waals surface area contributed by atoms with Crippen LogP contribution in [0.2, 0.25) is 0 Å². The molecule has 0 bridgehead atoms. The van der Waals surface area contributed by atoms with E-state index < -0.39 is 23.6 Å². The molecule has 0 fully saturated rings. The fraction of sp³-hybridized carbons (Fsp3) is 0.250. The first kappa shape index (κ1) is 20.4. The molecule has 0 aliphatic rings. The van der Waals surface area contributed by atoms with Crippen molar-refractivity contribution in [1.82, 2.24) is 25.2 Å². The normalized spacial score (nSPS) is 11.3. The molecule has 0 spiro atoms. The van der Waals surface area contributed by atoms with Crippen LogP contribution in [0.5, 0.6) is 0 Å². The molecule has 2 heterocycles. The number of amides is 1. The summed E-state index contributed by atoms with van der Waals surface area (Å²) in [5.41, 5.74) is -0.178. The van der Waals surface area contributed by atoms with Gasteiger partial charge in [-0.15, -0.1) is 26.3 Å². The second-order valence-corrected chi connectivity index (χ2v) is 6.39. The van der Waals surface area contributed by atoms with Gasteiger partial charge in [0.25, 0.3) is 11.7 Å². The van der Waals surface area contributed by atoms with Gasteiger partial charge in [-0.3, -0.25) is 14.9 Å². The van der Waals surface area contributed by atoms with Crippen LogP contribution in [0.4, 0.5) is 18.3 Å². The molecule has 152 valence electrons.